The van der Waals surface area contributed by atoms with Crippen molar-refractivity contribution in [1.82, 2.24) is 5.32 Å². The molecule has 0 bridgehead atoms. The molecule has 1 amide bonds. The van der Waals surface area contributed by atoms with Crippen LogP contribution in [0.3, 0.4) is 0 Å². The van der Waals surface area contributed by atoms with E-state index < -0.39 is 23.2 Å². The molecule has 0 aromatic heterocycles. The highest BCUT2D eigenvalue weighted by atomic mass is 16.6. The van der Waals surface area contributed by atoms with Gasteiger partial charge in [-0.15, -0.1) is 0 Å². The molecule has 0 aromatic rings. The number of methoxy groups -OCH3 is 1. The van der Waals surface area contributed by atoms with E-state index in [-0.39, 0.29) is 5.92 Å². The fraction of sp³-hybridized carbons (Fsp3) is 0.846. The van der Waals surface area contributed by atoms with E-state index in [2.05, 4.69) is 5.32 Å². The number of carbonyl (C=O) groups is 2. The van der Waals surface area contributed by atoms with E-state index in [4.69, 9.17) is 9.47 Å². The van der Waals surface area contributed by atoms with Gasteiger partial charge in [0.2, 0.25) is 0 Å². The molecule has 0 radical (unpaired) electrons. The number of hydrogen-bond donors (Lipinski definition) is 1. The van der Waals surface area contributed by atoms with Crippen molar-refractivity contribution in [3.8, 4) is 0 Å². The Hall–Kier alpha value is -1.26. The third kappa shape index (κ3) is 3.15. The van der Waals surface area contributed by atoms with Gasteiger partial charge in [-0.05, 0) is 39.0 Å². The van der Waals surface area contributed by atoms with Crippen LogP contribution in [-0.2, 0) is 14.3 Å². The molecule has 5 heteroatoms. The van der Waals surface area contributed by atoms with Crippen LogP contribution in [0.4, 0.5) is 4.79 Å². The van der Waals surface area contributed by atoms with Gasteiger partial charge in [0.1, 0.15) is 11.1 Å². The SMILES string of the molecule is COC(=O)[C@@]1(NC(=O)OC(C)(C)C)C[C@@H]1C(C)C. The van der Waals surface area contributed by atoms with Crippen molar-refractivity contribution in [3.63, 3.8) is 0 Å². The smallest absolute Gasteiger partial charge is 0.408 e. The van der Waals surface area contributed by atoms with Crippen molar-refractivity contribution < 1.29 is 19.1 Å². The van der Waals surface area contributed by atoms with Gasteiger partial charge in [-0.3, -0.25) is 0 Å². The number of hydrogen-bond acceptors (Lipinski definition) is 4. The maximum atomic E-state index is 11.8. The zero-order chi connectivity index (χ0) is 14.1. The number of rotatable bonds is 3. The Kier molecular flexibility index (Phi) is 3.93. The molecular formula is C13H23NO4. The molecule has 0 aromatic carbocycles. The summed E-state index contributed by atoms with van der Waals surface area (Å²) in [5.41, 5.74) is -1.48. The van der Waals surface area contributed by atoms with Crippen LogP contribution in [-0.4, -0.2) is 30.3 Å². The number of nitrogens with one attached hydrogen (secondary N) is 1. The summed E-state index contributed by atoms with van der Waals surface area (Å²) >= 11 is 0. The zero-order valence-electron chi connectivity index (χ0n) is 12.0. The van der Waals surface area contributed by atoms with Crippen molar-refractivity contribution in [2.45, 2.75) is 52.2 Å². The van der Waals surface area contributed by atoms with Gasteiger partial charge in [-0.2, -0.15) is 0 Å². The van der Waals surface area contributed by atoms with E-state index in [1.807, 2.05) is 13.8 Å². The molecule has 0 heterocycles. The minimum Gasteiger partial charge on any atom is -0.467 e. The zero-order valence-corrected chi connectivity index (χ0v) is 12.0. The summed E-state index contributed by atoms with van der Waals surface area (Å²) in [7, 11) is 1.33. The van der Waals surface area contributed by atoms with Crippen LogP contribution in [0.25, 0.3) is 0 Å². The highest BCUT2D eigenvalue weighted by molar-refractivity contribution is 5.89. The van der Waals surface area contributed by atoms with Crippen LogP contribution in [0.1, 0.15) is 41.0 Å². The molecule has 0 aliphatic heterocycles. The Morgan fingerprint density at radius 2 is 1.89 bits per heavy atom. The Morgan fingerprint density at radius 3 is 2.22 bits per heavy atom. The maximum absolute atomic E-state index is 11.8. The van der Waals surface area contributed by atoms with Crippen molar-refractivity contribution in [1.29, 1.82) is 0 Å². The molecule has 2 atom stereocenters. The highest BCUT2D eigenvalue weighted by Gasteiger charge is 2.63. The van der Waals surface area contributed by atoms with Gasteiger partial charge in [0.05, 0.1) is 7.11 Å². The lowest BCUT2D eigenvalue weighted by atomic mass is 10.0. The Bertz CT molecular complexity index is 345. The molecule has 0 saturated heterocycles. The van der Waals surface area contributed by atoms with Crippen LogP contribution in [0.5, 0.6) is 0 Å². The molecule has 104 valence electrons. The summed E-state index contributed by atoms with van der Waals surface area (Å²) in [6.07, 6.45) is 0.0346. The lowest BCUT2D eigenvalue weighted by Gasteiger charge is -2.23. The quantitative estimate of drug-likeness (QED) is 0.786. The predicted molar refractivity (Wildman–Crippen MR) is 67.1 cm³/mol. The van der Waals surface area contributed by atoms with Crippen molar-refractivity contribution in [2.75, 3.05) is 7.11 Å². The van der Waals surface area contributed by atoms with Crippen LogP contribution < -0.4 is 5.32 Å². The molecule has 1 aliphatic rings. The van der Waals surface area contributed by atoms with Crippen LogP contribution >= 0.6 is 0 Å². The molecule has 0 spiro atoms. The topological polar surface area (TPSA) is 64.6 Å². The summed E-state index contributed by atoms with van der Waals surface area (Å²) in [4.78, 5) is 23.6. The number of ether oxygens (including phenoxy) is 2. The number of amides is 1. The first kappa shape index (κ1) is 14.8. The third-order valence-corrected chi connectivity index (χ3v) is 3.09. The Labute approximate surface area is 108 Å². The third-order valence-electron chi connectivity index (χ3n) is 3.09. The summed E-state index contributed by atoms with van der Waals surface area (Å²) in [5, 5.41) is 2.67. The van der Waals surface area contributed by atoms with Gasteiger partial charge in [0, 0.05) is 0 Å². The normalized spacial score (nSPS) is 26.7. The first-order valence-corrected chi connectivity index (χ1v) is 6.22. The number of esters is 1. The van der Waals surface area contributed by atoms with Gasteiger partial charge < -0.3 is 14.8 Å². The summed E-state index contributed by atoms with van der Waals surface area (Å²) in [6, 6.07) is 0. The van der Waals surface area contributed by atoms with Crippen molar-refractivity contribution in [2.24, 2.45) is 11.8 Å². The Balaban J connectivity index is 2.72. The van der Waals surface area contributed by atoms with Gasteiger partial charge in [-0.1, -0.05) is 13.8 Å². The second-order valence-electron chi connectivity index (χ2n) is 6.14. The van der Waals surface area contributed by atoms with E-state index >= 15 is 0 Å². The summed E-state index contributed by atoms with van der Waals surface area (Å²) in [5.74, 6) is 0.0172. The fourth-order valence-electron chi connectivity index (χ4n) is 2.19. The molecule has 1 aliphatic carbocycles. The molecule has 1 saturated carbocycles. The minimum absolute atomic E-state index is 0.109. The standard InChI is InChI=1S/C13H23NO4/c1-8(2)9-7-13(9,10(15)17-6)14-11(16)18-12(3,4)5/h8-9H,7H2,1-6H3,(H,14,16)/t9-,13-/m1/s1. The number of alkyl carbamates (subject to hydrolysis) is 1. The molecule has 1 rings (SSSR count). The fourth-order valence-corrected chi connectivity index (χ4v) is 2.19. The van der Waals surface area contributed by atoms with Gasteiger partial charge in [0.25, 0.3) is 0 Å². The van der Waals surface area contributed by atoms with Crippen LogP contribution in [0.2, 0.25) is 0 Å². The van der Waals surface area contributed by atoms with Gasteiger partial charge in [0.15, 0.2) is 0 Å². The van der Waals surface area contributed by atoms with E-state index in [0.29, 0.717) is 12.3 Å². The van der Waals surface area contributed by atoms with E-state index in [9.17, 15) is 9.59 Å². The second kappa shape index (κ2) is 4.78. The Morgan fingerprint density at radius 1 is 1.33 bits per heavy atom. The summed E-state index contributed by atoms with van der Waals surface area (Å²) in [6.45, 7) is 9.39. The first-order valence-electron chi connectivity index (χ1n) is 6.22. The van der Waals surface area contributed by atoms with E-state index in [0.717, 1.165) is 0 Å². The van der Waals surface area contributed by atoms with Crippen molar-refractivity contribution >= 4 is 12.1 Å². The highest BCUT2D eigenvalue weighted by Crippen LogP contribution is 2.49. The lowest BCUT2D eigenvalue weighted by Crippen LogP contribution is -2.48. The molecule has 5 nitrogen and oxygen atoms in total. The van der Waals surface area contributed by atoms with Crippen LogP contribution in [0.15, 0.2) is 0 Å². The summed E-state index contributed by atoms with van der Waals surface area (Å²) < 4.78 is 9.96. The van der Waals surface area contributed by atoms with E-state index in [1.54, 1.807) is 20.8 Å². The lowest BCUT2D eigenvalue weighted by molar-refractivity contribution is -0.145. The maximum Gasteiger partial charge on any atom is 0.408 e. The average Bonchev–Trinajstić information content (AvgIpc) is 2.89. The first-order chi connectivity index (χ1) is 8.12. The molecule has 0 unspecified atom stereocenters. The minimum atomic E-state index is -0.898. The van der Waals surface area contributed by atoms with Gasteiger partial charge in [-0.25, -0.2) is 9.59 Å². The predicted octanol–water partition coefficient (Wildman–Crippen LogP) is 2.10. The molecule has 1 N–H and O–H groups in total. The second-order valence-corrected chi connectivity index (χ2v) is 6.14. The largest absolute Gasteiger partial charge is 0.467 e. The van der Waals surface area contributed by atoms with Crippen molar-refractivity contribution in [3.05, 3.63) is 0 Å². The van der Waals surface area contributed by atoms with E-state index in [1.165, 1.54) is 7.11 Å². The molecule has 1 fully saturated rings. The molecule has 18 heavy (non-hydrogen) atoms. The van der Waals surface area contributed by atoms with Gasteiger partial charge >= 0.3 is 12.1 Å². The number of carbonyl (C=O) groups excluding carboxylic acids is 2. The average molecular weight is 257 g/mol. The monoisotopic (exact) mass is 257 g/mol. The van der Waals surface area contributed by atoms with Crippen LogP contribution in [0, 0.1) is 11.8 Å². The molecular weight excluding hydrogens is 234 g/mol.